The third kappa shape index (κ3) is 4.79. The molecule has 0 aliphatic carbocycles. The number of rotatable bonds is 7. The highest BCUT2D eigenvalue weighted by Crippen LogP contribution is 2.11. The van der Waals surface area contributed by atoms with Crippen LogP contribution in [0.25, 0.3) is 0 Å². The Morgan fingerprint density at radius 3 is 2.67 bits per heavy atom. The molecule has 0 radical (unpaired) electrons. The Hall–Kier alpha value is -2.15. The molecule has 0 aliphatic heterocycles. The van der Waals surface area contributed by atoms with Crippen LogP contribution in [0, 0.1) is 10.1 Å². The Morgan fingerprint density at radius 1 is 1.44 bits per heavy atom. The molecular formula is C11H16N4O3. The molecule has 0 amide bonds. The first-order chi connectivity index (χ1) is 8.63. The maximum absolute atomic E-state index is 10.5. The number of non-ortho nitro benzene ring substituents is 1. The summed E-state index contributed by atoms with van der Waals surface area (Å²) >= 11 is 0. The number of nitro benzene ring substituents is 1. The van der Waals surface area contributed by atoms with Gasteiger partial charge in [-0.1, -0.05) is 17.3 Å². The van der Waals surface area contributed by atoms with Gasteiger partial charge in [-0.2, -0.15) is 0 Å². The predicted octanol–water partition coefficient (Wildman–Crippen LogP) is 1.21. The fraction of sp³-hybridized carbons (Fsp3) is 0.364. The largest absolute Gasteiger partial charge is 0.409 e. The zero-order valence-corrected chi connectivity index (χ0v) is 9.87. The maximum atomic E-state index is 10.5. The highest BCUT2D eigenvalue weighted by molar-refractivity contribution is 5.79. The summed E-state index contributed by atoms with van der Waals surface area (Å²) in [5, 5.41) is 24.8. The van der Waals surface area contributed by atoms with Crippen LogP contribution in [0.1, 0.15) is 18.4 Å². The van der Waals surface area contributed by atoms with Gasteiger partial charge in [0.15, 0.2) is 0 Å². The van der Waals surface area contributed by atoms with Gasteiger partial charge in [0, 0.05) is 25.1 Å². The van der Waals surface area contributed by atoms with Gasteiger partial charge in [-0.25, -0.2) is 0 Å². The van der Waals surface area contributed by atoms with Crippen molar-refractivity contribution >= 4 is 11.5 Å². The third-order valence-electron chi connectivity index (χ3n) is 2.39. The van der Waals surface area contributed by atoms with E-state index in [2.05, 4.69) is 10.5 Å². The molecule has 0 bridgehead atoms. The lowest BCUT2D eigenvalue weighted by molar-refractivity contribution is -0.384. The Morgan fingerprint density at radius 2 is 2.11 bits per heavy atom. The van der Waals surface area contributed by atoms with Crippen LogP contribution in [0.4, 0.5) is 5.69 Å². The van der Waals surface area contributed by atoms with E-state index in [1.807, 2.05) is 0 Å². The van der Waals surface area contributed by atoms with Crippen LogP contribution in [-0.2, 0) is 6.54 Å². The number of amidine groups is 1. The predicted molar refractivity (Wildman–Crippen MR) is 67.4 cm³/mol. The summed E-state index contributed by atoms with van der Waals surface area (Å²) in [6.45, 7) is 1.36. The number of nitrogens with two attached hydrogens (primary N) is 1. The minimum absolute atomic E-state index is 0.0886. The second kappa shape index (κ2) is 7.23. The molecule has 0 spiro atoms. The van der Waals surface area contributed by atoms with Crippen LogP contribution < -0.4 is 11.1 Å². The summed E-state index contributed by atoms with van der Waals surface area (Å²) in [5.74, 6) is 0.215. The van der Waals surface area contributed by atoms with Crippen molar-refractivity contribution < 1.29 is 10.1 Å². The van der Waals surface area contributed by atoms with Gasteiger partial charge in [0.05, 0.1) is 4.92 Å². The maximum Gasteiger partial charge on any atom is 0.269 e. The van der Waals surface area contributed by atoms with Crippen molar-refractivity contribution in [2.75, 3.05) is 6.54 Å². The number of nitrogens with one attached hydrogen (secondary N) is 1. The van der Waals surface area contributed by atoms with E-state index < -0.39 is 4.92 Å². The molecule has 0 heterocycles. The summed E-state index contributed by atoms with van der Waals surface area (Å²) in [6.07, 6.45) is 1.30. The van der Waals surface area contributed by atoms with Crippen molar-refractivity contribution in [2.45, 2.75) is 19.4 Å². The number of nitro groups is 1. The monoisotopic (exact) mass is 252 g/mol. The summed E-state index contributed by atoms with van der Waals surface area (Å²) in [7, 11) is 0. The highest BCUT2D eigenvalue weighted by atomic mass is 16.6. The van der Waals surface area contributed by atoms with Gasteiger partial charge < -0.3 is 16.3 Å². The molecular weight excluding hydrogens is 236 g/mol. The van der Waals surface area contributed by atoms with Gasteiger partial charge in [-0.05, 0) is 18.5 Å². The molecule has 4 N–H and O–H groups in total. The molecule has 1 rings (SSSR count). The van der Waals surface area contributed by atoms with Crippen LogP contribution in [0.5, 0.6) is 0 Å². The van der Waals surface area contributed by atoms with Crippen LogP contribution >= 0.6 is 0 Å². The molecule has 18 heavy (non-hydrogen) atoms. The number of oxime groups is 1. The molecule has 0 saturated carbocycles. The smallest absolute Gasteiger partial charge is 0.269 e. The second-order valence-electron chi connectivity index (χ2n) is 3.80. The van der Waals surface area contributed by atoms with Crippen molar-refractivity contribution in [3.8, 4) is 0 Å². The Kier molecular flexibility index (Phi) is 5.59. The van der Waals surface area contributed by atoms with E-state index >= 15 is 0 Å². The SMILES string of the molecule is NC(CCCNCc1ccc([N+](=O)[O-])cc1)=NO. The normalized spacial score (nSPS) is 11.4. The van der Waals surface area contributed by atoms with Crippen molar-refractivity contribution in [3.63, 3.8) is 0 Å². The van der Waals surface area contributed by atoms with E-state index in [9.17, 15) is 10.1 Å². The van der Waals surface area contributed by atoms with Crippen molar-refractivity contribution in [1.82, 2.24) is 5.32 Å². The topological polar surface area (TPSA) is 114 Å². The second-order valence-corrected chi connectivity index (χ2v) is 3.80. The molecule has 0 unspecified atom stereocenters. The van der Waals surface area contributed by atoms with Gasteiger partial charge in [0.1, 0.15) is 5.84 Å². The van der Waals surface area contributed by atoms with Gasteiger partial charge in [-0.15, -0.1) is 0 Å². The lowest BCUT2D eigenvalue weighted by atomic mass is 10.2. The molecule has 98 valence electrons. The van der Waals surface area contributed by atoms with E-state index in [0.29, 0.717) is 13.0 Å². The quantitative estimate of drug-likeness (QED) is 0.168. The van der Waals surface area contributed by atoms with E-state index in [1.54, 1.807) is 12.1 Å². The molecule has 7 nitrogen and oxygen atoms in total. The fourth-order valence-corrected chi connectivity index (χ4v) is 1.41. The summed E-state index contributed by atoms with van der Waals surface area (Å²) in [6, 6.07) is 6.39. The van der Waals surface area contributed by atoms with Crippen LogP contribution in [0.2, 0.25) is 0 Å². The lowest BCUT2D eigenvalue weighted by Crippen LogP contribution is -2.18. The highest BCUT2D eigenvalue weighted by Gasteiger charge is 2.03. The van der Waals surface area contributed by atoms with Crippen molar-refractivity contribution in [3.05, 3.63) is 39.9 Å². The fourth-order valence-electron chi connectivity index (χ4n) is 1.41. The molecule has 0 saturated heterocycles. The zero-order chi connectivity index (χ0) is 13.4. The standard InChI is InChI=1S/C11H16N4O3/c12-11(14-16)2-1-7-13-8-9-3-5-10(6-4-9)15(17)18/h3-6,13,16H,1-2,7-8H2,(H2,12,14). The molecule has 1 aromatic rings. The molecule has 1 aromatic carbocycles. The first-order valence-corrected chi connectivity index (χ1v) is 5.54. The first-order valence-electron chi connectivity index (χ1n) is 5.54. The van der Waals surface area contributed by atoms with E-state index in [4.69, 9.17) is 10.9 Å². The summed E-state index contributed by atoms with van der Waals surface area (Å²) < 4.78 is 0. The molecule has 0 fully saturated rings. The zero-order valence-electron chi connectivity index (χ0n) is 9.87. The van der Waals surface area contributed by atoms with Gasteiger partial charge in [0.25, 0.3) is 5.69 Å². The number of benzene rings is 1. The Balaban J connectivity index is 2.25. The summed E-state index contributed by atoms with van der Waals surface area (Å²) in [5.41, 5.74) is 6.38. The van der Waals surface area contributed by atoms with E-state index in [0.717, 1.165) is 18.5 Å². The van der Waals surface area contributed by atoms with Gasteiger partial charge in [-0.3, -0.25) is 10.1 Å². The average molecular weight is 252 g/mol. The Bertz CT molecular complexity index is 417. The molecule has 0 aromatic heterocycles. The number of nitrogens with zero attached hydrogens (tertiary/aromatic N) is 2. The third-order valence-corrected chi connectivity index (χ3v) is 2.39. The molecule has 0 atom stereocenters. The first kappa shape index (κ1) is 13.9. The molecule has 7 heteroatoms. The number of hydrogen-bond acceptors (Lipinski definition) is 5. The van der Waals surface area contributed by atoms with Crippen molar-refractivity contribution in [1.29, 1.82) is 0 Å². The van der Waals surface area contributed by atoms with Gasteiger partial charge >= 0.3 is 0 Å². The van der Waals surface area contributed by atoms with E-state index in [-0.39, 0.29) is 11.5 Å². The van der Waals surface area contributed by atoms with E-state index in [1.165, 1.54) is 12.1 Å². The van der Waals surface area contributed by atoms with Gasteiger partial charge in [0.2, 0.25) is 0 Å². The van der Waals surface area contributed by atoms with Crippen LogP contribution in [0.3, 0.4) is 0 Å². The number of hydrogen-bond donors (Lipinski definition) is 3. The minimum atomic E-state index is -0.422. The van der Waals surface area contributed by atoms with Crippen LogP contribution in [-0.4, -0.2) is 22.5 Å². The van der Waals surface area contributed by atoms with Crippen LogP contribution in [0.15, 0.2) is 29.4 Å². The molecule has 0 aliphatic rings. The average Bonchev–Trinajstić information content (AvgIpc) is 2.38. The summed E-state index contributed by atoms with van der Waals surface area (Å²) in [4.78, 5) is 10.0. The lowest BCUT2D eigenvalue weighted by Gasteiger charge is -2.04. The Labute approximate surface area is 104 Å². The minimum Gasteiger partial charge on any atom is -0.409 e. The van der Waals surface area contributed by atoms with Crippen molar-refractivity contribution in [2.24, 2.45) is 10.9 Å².